The summed E-state index contributed by atoms with van der Waals surface area (Å²) in [6, 6.07) is 83.5. The van der Waals surface area contributed by atoms with Crippen LogP contribution in [0.1, 0.15) is 94.1 Å². The Bertz CT molecular complexity index is 5570. The minimum Gasteiger partial charge on any atom is -0.492 e. The van der Waals surface area contributed by atoms with Crippen molar-refractivity contribution < 1.29 is 92.9 Å². The zero-order chi connectivity index (χ0) is 100. The fraction of sp³-hybridized carbons (Fsp3) is 0.278. The second kappa shape index (κ2) is 54.1. The maximum absolute atomic E-state index is 14.7. The van der Waals surface area contributed by atoms with Gasteiger partial charge in [-0.25, -0.2) is 14.6 Å². The van der Waals surface area contributed by atoms with Gasteiger partial charge >= 0.3 is 29.7 Å². The molecule has 0 bridgehead atoms. The first-order valence-corrected chi connectivity index (χ1v) is 47.1. The first-order chi connectivity index (χ1) is 67.2. The average Bonchev–Trinajstić information content (AvgIpc) is 0.871. The SMILES string of the molecule is CN(CCOc1ccc(CC(F)(F)C(=O)COc2ccc(C(=O)OCCN)cc2)cc1)CC(c1ccc(Cl)cc1)c1ccc(Cl)cc1.CN(CCOc1ccc(CC(F)(F)C(=O)COc2ccc(C(=O)OCCN)cc2)cc1)CC(c1ccc(Cl)cc1)c1ccc(Cl)cc1.CN(CCOc1ccc(CC(F)(F)C(=O)COc2ccc(C3=NCCO3)cc2)cc1)CC(c1ccc(Cl)cc1)c1ccc(Cl)cc1. The summed E-state index contributed by atoms with van der Waals surface area (Å²) in [6.45, 7) is 4.48. The number of aliphatic imine (C=N–C) groups is 1. The minimum absolute atomic E-state index is 0.0767. The summed E-state index contributed by atoms with van der Waals surface area (Å²) in [4.78, 5) is 71.3. The fourth-order valence-electron chi connectivity index (χ4n) is 14.5. The highest BCUT2D eigenvalue weighted by atomic mass is 35.5. The molecule has 1 aliphatic rings. The molecule has 0 aromatic heterocycles. The molecule has 0 unspecified atom stereocenters. The van der Waals surface area contributed by atoms with Gasteiger partial charge in [-0.05, 0) is 253 Å². The van der Waals surface area contributed by atoms with E-state index in [0.717, 1.165) is 45.5 Å². The van der Waals surface area contributed by atoms with Crippen molar-refractivity contribution in [1.82, 2.24) is 14.7 Å². The van der Waals surface area contributed by atoms with Crippen molar-refractivity contribution in [2.24, 2.45) is 16.5 Å². The summed E-state index contributed by atoms with van der Waals surface area (Å²) in [6.07, 6.45) is -2.28. The molecule has 12 aromatic rings. The van der Waals surface area contributed by atoms with Gasteiger partial charge in [0.25, 0.3) is 0 Å². The van der Waals surface area contributed by atoms with Crippen molar-refractivity contribution >= 4 is 105 Å². The first-order valence-electron chi connectivity index (χ1n) is 44.8. The number of nitrogens with two attached hydrogens (primary N) is 2. The highest BCUT2D eigenvalue weighted by Gasteiger charge is 2.41. The second-order valence-corrected chi connectivity index (χ2v) is 35.6. The Morgan fingerprint density at radius 2 is 0.557 bits per heavy atom. The highest BCUT2D eigenvalue weighted by Crippen LogP contribution is 2.35. The lowest BCUT2D eigenvalue weighted by molar-refractivity contribution is -0.145. The number of ether oxygens (including phenoxy) is 9. The van der Waals surface area contributed by atoms with Gasteiger partial charge in [0.1, 0.15) is 74.1 Å². The molecule has 0 atom stereocenters. The maximum Gasteiger partial charge on any atom is 0.338 e. The summed E-state index contributed by atoms with van der Waals surface area (Å²) < 4.78 is 137. The van der Waals surface area contributed by atoms with E-state index in [1.54, 1.807) is 72.8 Å². The molecule has 4 N–H and O–H groups in total. The largest absolute Gasteiger partial charge is 0.492 e. The van der Waals surface area contributed by atoms with Crippen LogP contribution in [0.15, 0.2) is 296 Å². The number of hydrogen-bond acceptors (Lipinski definition) is 20. The van der Waals surface area contributed by atoms with Crippen LogP contribution in [0.2, 0.25) is 30.1 Å². The Kier molecular flexibility index (Phi) is 41.9. The number of alkyl halides is 6. The zero-order valence-electron chi connectivity index (χ0n) is 77.0. The smallest absolute Gasteiger partial charge is 0.338 e. The Morgan fingerprint density at radius 3 is 0.786 bits per heavy atom. The zero-order valence-corrected chi connectivity index (χ0v) is 81.5. The van der Waals surface area contributed by atoms with Crippen LogP contribution in [0.25, 0.3) is 0 Å². The monoisotopic (exact) mass is 2030 g/mol. The molecule has 13 rings (SSSR count). The second-order valence-electron chi connectivity index (χ2n) is 33.0. The Morgan fingerprint density at radius 1 is 0.329 bits per heavy atom. The molecular weight excluding hydrogens is 1930 g/mol. The molecule has 0 spiro atoms. The third-order valence-corrected chi connectivity index (χ3v) is 23.8. The lowest BCUT2D eigenvalue weighted by atomic mass is 9.91. The minimum atomic E-state index is -3.64. The molecular formula is C108H106Cl6F6N6O14. The van der Waals surface area contributed by atoms with E-state index < -0.39 is 86.1 Å². The number of benzene rings is 12. The topological polar surface area (TPSA) is 243 Å². The molecule has 32 heteroatoms. The van der Waals surface area contributed by atoms with E-state index in [9.17, 15) is 50.3 Å². The van der Waals surface area contributed by atoms with Crippen LogP contribution in [0.4, 0.5) is 26.3 Å². The predicted molar refractivity (Wildman–Crippen MR) is 535 cm³/mol. The molecule has 20 nitrogen and oxygen atoms in total. The number of halogens is 12. The number of hydrogen-bond donors (Lipinski definition) is 2. The van der Waals surface area contributed by atoms with Crippen LogP contribution in [0.5, 0.6) is 34.5 Å². The van der Waals surface area contributed by atoms with E-state index in [1.165, 1.54) is 72.8 Å². The highest BCUT2D eigenvalue weighted by molar-refractivity contribution is 6.32. The Hall–Kier alpha value is -12.0. The van der Waals surface area contributed by atoms with Gasteiger partial charge in [-0.15, -0.1) is 0 Å². The number of ketones is 3. The van der Waals surface area contributed by atoms with Crippen LogP contribution in [0, 0.1) is 0 Å². The molecule has 0 saturated carbocycles. The van der Waals surface area contributed by atoms with Crippen LogP contribution in [-0.2, 0) is 47.9 Å². The fourth-order valence-corrected chi connectivity index (χ4v) is 15.3. The van der Waals surface area contributed by atoms with Gasteiger partial charge in [-0.1, -0.05) is 179 Å². The van der Waals surface area contributed by atoms with E-state index in [0.29, 0.717) is 130 Å². The van der Waals surface area contributed by atoms with Crippen molar-refractivity contribution in [2.45, 2.75) is 54.8 Å². The van der Waals surface area contributed by atoms with E-state index in [4.69, 9.17) is 124 Å². The molecule has 0 aliphatic carbocycles. The van der Waals surface area contributed by atoms with E-state index in [1.807, 2.05) is 167 Å². The molecule has 1 aliphatic heterocycles. The van der Waals surface area contributed by atoms with Gasteiger partial charge in [0, 0.05) is 125 Å². The first kappa shape index (κ1) is 108. The Labute approximate surface area is 840 Å². The van der Waals surface area contributed by atoms with Crippen molar-refractivity contribution in [3.8, 4) is 34.5 Å². The van der Waals surface area contributed by atoms with Crippen LogP contribution >= 0.6 is 69.6 Å². The summed E-state index contributed by atoms with van der Waals surface area (Å²) >= 11 is 36.7. The lowest BCUT2D eigenvalue weighted by Crippen LogP contribution is -2.35. The molecule has 0 radical (unpaired) electrons. The molecule has 1 heterocycles. The molecule has 0 amide bonds. The summed E-state index contributed by atoms with van der Waals surface area (Å²) in [5, 5.41) is 4.04. The van der Waals surface area contributed by atoms with Gasteiger partial charge in [0.2, 0.25) is 23.2 Å². The molecule has 0 fully saturated rings. The van der Waals surface area contributed by atoms with Crippen LogP contribution < -0.4 is 39.9 Å². The number of esters is 2. The van der Waals surface area contributed by atoms with Crippen molar-refractivity contribution in [3.63, 3.8) is 0 Å². The number of Topliss-reactive ketones (excluding diaryl/α,β-unsaturated/α-hetero) is 3. The van der Waals surface area contributed by atoms with Gasteiger partial charge in [-0.3, -0.25) is 14.4 Å². The van der Waals surface area contributed by atoms with Gasteiger partial charge in [0.05, 0.1) is 17.7 Å². The number of likely N-dealkylation sites (N-methyl/N-ethyl adjacent to an activating group) is 3. The quantitative estimate of drug-likeness (QED) is 0.0266. The van der Waals surface area contributed by atoms with Gasteiger partial charge in [-0.2, -0.15) is 26.3 Å². The van der Waals surface area contributed by atoms with Crippen molar-refractivity contribution in [1.29, 1.82) is 0 Å². The molecule has 736 valence electrons. The van der Waals surface area contributed by atoms with Crippen LogP contribution in [0.3, 0.4) is 0 Å². The van der Waals surface area contributed by atoms with E-state index in [2.05, 4.69) is 19.7 Å². The third kappa shape index (κ3) is 35.0. The van der Waals surface area contributed by atoms with Crippen molar-refractivity contribution in [3.05, 3.63) is 388 Å². The van der Waals surface area contributed by atoms with Gasteiger partial charge < -0.3 is 68.8 Å². The summed E-state index contributed by atoms with van der Waals surface area (Å²) in [7, 11) is 6.03. The lowest BCUT2D eigenvalue weighted by Gasteiger charge is -2.25. The van der Waals surface area contributed by atoms with E-state index in [-0.39, 0.29) is 77.8 Å². The number of carbonyl (C=O) groups excluding carboxylic acids is 5. The Balaban J connectivity index is 0.000000201. The van der Waals surface area contributed by atoms with Gasteiger partial charge in [0.15, 0.2) is 19.8 Å². The predicted octanol–water partition coefficient (Wildman–Crippen LogP) is 21.9. The number of rotatable bonds is 49. The molecule has 0 saturated heterocycles. The van der Waals surface area contributed by atoms with Crippen molar-refractivity contribution in [2.75, 3.05) is 140 Å². The summed E-state index contributed by atoms with van der Waals surface area (Å²) in [5.74, 6) is -12.9. The van der Waals surface area contributed by atoms with E-state index >= 15 is 0 Å². The maximum atomic E-state index is 14.7. The number of nitrogens with zero attached hydrogens (tertiary/aromatic N) is 4. The standard InChI is InChI=1S/2C36H36Cl2F2N2O5.C36H34Cl2F2N2O4/c2*1-42(23-33(26-4-10-29(37)11-5-26)27-6-12-30(38)13-7-27)19-21-45-31-14-2-25(3-15-31)22-36(39,40)34(43)24-47-32-16-8-28(9-17-32)35(44)46-20-18-41;1-42(23-33(26-4-10-29(37)11-5-26)27-6-12-30(38)13-7-27)19-21-44-31-14-2-25(3-15-31)22-36(39,40)34(43)24-46-32-16-8-28(9-17-32)35-41-18-20-45-35/h2*2-17,33H,18-24,41H2,1H3;2-17,33H,18-24H2,1H3. The number of carbonyl (C=O) groups is 5. The molecule has 12 aromatic carbocycles. The van der Waals surface area contributed by atoms with Crippen LogP contribution in [-0.4, -0.2) is 207 Å². The summed E-state index contributed by atoms with van der Waals surface area (Å²) in [5.41, 5.74) is 19.5. The normalized spacial score (nSPS) is 12.0. The average molecular weight is 2040 g/mol. The molecule has 140 heavy (non-hydrogen) atoms. The third-order valence-electron chi connectivity index (χ3n) is 22.3.